The number of rotatable bonds is 7. The van der Waals surface area contributed by atoms with E-state index in [0.717, 1.165) is 31.1 Å². The van der Waals surface area contributed by atoms with Crippen LogP contribution in [-0.2, 0) is 12.8 Å². The van der Waals surface area contributed by atoms with E-state index in [2.05, 4.69) is 56.0 Å². The molecule has 2 aromatic carbocycles. The van der Waals surface area contributed by atoms with Gasteiger partial charge < -0.3 is 4.74 Å². The maximum absolute atomic E-state index is 5.67. The van der Waals surface area contributed by atoms with Crippen LogP contribution in [0.25, 0.3) is 11.1 Å². The predicted octanol–water partition coefficient (Wildman–Crippen LogP) is 6.21. The van der Waals surface area contributed by atoms with Crippen molar-refractivity contribution in [2.45, 2.75) is 45.4 Å². The van der Waals surface area contributed by atoms with Gasteiger partial charge in [0.05, 0.1) is 6.61 Å². The first-order valence-corrected chi connectivity index (χ1v) is 9.26. The number of ether oxygens (including phenoxy) is 1. The Kier molecular flexibility index (Phi) is 5.74. The standard InChI is InChI=1S/C23H28O/c1-3-5-6-18-7-8-22-17-21(10-9-20(22)16-18)19-11-13-23(14-12-19)24-15-4-2/h3,9-14,17-18H,1,4-8,15-16H2,2H3. The monoisotopic (exact) mass is 320 g/mol. The van der Waals surface area contributed by atoms with Crippen molar-refractivity contribution in [2.24, 2.45) is 5.92 Å². The summed E-state index contributed by atoms with van der Waals surface area (Å²) >= 11 is 0. The highest BCUT2D eigenvalue weighted by atomic mass is 16.5. The number of benzene rings is 2. The maximum Gasteiger partial charge on any atom is 0.119 e. The number of aryl methyl sites for hydroxylation is 1. The van der Waals surface area contributed by atoms with Crippen LogP contribution in [-0.4, -0.2) is 6.61 Å². The Labute approximate surface area is 146 Å². The molecule has 2 aromatic rings. The van der Waals surface area contributed by atoms with Crippen molar-refractivity contribution in [1.82, 2.24) is 0 Å². The number of allylic oxidation sites excluding steroid dienone is 1. The molecular weight excluding hydrogens is 292 g/mol. The van der Waals surface area contributed by atoms with Crippen LogP contribution >= 0.6 is 0 Å². The molecule has 1 aliphatic carbocycles. The van der Waals surface area contributed by atoms with Gasteiger partial charge in [0.2, 0.25) is 0 Å². The molecule has 24 heavy (non-hydrogen) atoms. The van der Waals surface area contributed by atoms with Crippen LogP contribution in [0, 0.1) is 5.92 Å². The van der Waals surface area contributed by atoms with Gasteiger partial charge in [0.25, 0.3) is 0 Å². The average Bonchev–Trinajstić information content (AvgIpc) is 2.64. The van der Waals surface area contributed by atoms with Gasteiger partial charge in [0, 0.05) is 0 Å². The Morgan fingerprint density at radius 3 is 2.62 bits per heavy atom. The van der Waals surface area contributed by atoms with Crippen LogP contribution in [0.4, 0.5) is 0 Å². The quantitative estimate of drug-likeness (QED) is 0.551. The average molecular weight is 320 g/mol. The Morgan fingerprint density at radius 2 is 1.88 bits per heavy atom. The van der Waals surface area contributed by atoms with Gasteiger partial charge in [-0.05, 0) is 78.8 Å². The van der Waals surface area contributed by atoms with Gasteiger partial charge in [0.1, 0.15) is 5.75 Å². The molecular formula is C23H28O. The molecule has 0 N–H and O–H groups in total. The van der Waals surface area contributed by atoms with Gasteiger partial charge in [-0.1, -0.05) is 43.3 Å². The van der Waals surface area contributed by atoms with Crippen molar-refractivity contribution in [3.05, 3.63) is 66.2 Å². The van der Waals surface area contributed by atoms with Crippen molar-refractivity contribution < 1.29 is 4.74 Å². The summed E-state index contributed by atoms with van der Waals surface area (Å²) in [5.41, 5.74) is 5.67. The summed E-state index contributed by atoms with van der Waals surface area (Å²) < 4.78 is 5.67. The Morgan fingerprint density at radius 1 is 1.08 bits per heavy atom. The molecule has 0 aliphatic heterocycles. The molecule has 0 radical (unpaired) electrons. The van der Waals surface area contributed by atoms with Gasteiger partial charge in [-0.2, -0.15) is 0 Å². The normalized spacial score (nSPS) is 16.5. The van der Waals surface area contributed by atoms with E-state index >= 15 is 0 Å². The summed E-state index contributed by atoms with van der Waals surface area (Å²) in [6.45, 7) is 6.76. The van der Waals surface area contributed by atoms with E-state index in [1.165, 1.54) is 42.4 Å². The predicted molar refractivity (Wildman–Crippen MR) is 103 cm³/mol. The van der Waals surface area contributed by atoms with E-state index < -0.39 is 0 Å². The van der Waals surface area contributed by atoms with Crippen molar-refractivity contribution >= 4 is 0 Å². The van der Waals surface area contributed by atoms with Crippen molar-refractivity contribution in [1.29, 1.82) is 0 Å². The molecule has 0 fully saturated rings. The minimum atomic E-state index is 0.783. The molecule has 1 atom stereocenters. The fourth-order valence-electron chi connectivity index (χ4n) is 3.57. The zero-order valence-corrected chi connectivity index (χ0v) is 14.8. The lowest BCUT2D eigenvalue weighted by Crippen LogP contribution is -2.14. The molecule has 0 aromatic heterocycles. The van der Waals surface area contributed by atoms with E-state index in [4.69, 9.17) is 4.74 Å². The third-order valence-electron chi connectivity index (χ3n) is 4.98. The molecule has 1 heteroatoms. The first-order chi connectivity index (χ1) is 11.8. The number of fused-ring (bicyclic) bond motifs is 1. The Balaban J connectivity index is 1.71. The van der Waals surface area contributed by atoms with Crippen LogP contribution < -0.4 is 4.74 Å². The first kappa shape index (κ1) is 16.8. The van der Waals surface area contributed by atoms with E-state index in [1.54, 1.807) is 5.56 Å². The van der Waals surface area contributed by atoms with Gasteiger partial charge in [0.15, 0.2) is 0 Å². The summed E-state index contributed by atoms with van der Waals surface area (Å²) in [7, 11) is 0. The zero-order valence-electron chi connectivity index (χ0n) is 14.8. The SMILES string of the molecule is C=CCCC1CCc2cc(-c3ccc(OCCC)cc3)ccc2C1. The minimum Gasteiger partial charge on any atom is -0.494 e. The fraction of sp³-hybridized carbons (Fsp3) is 0.391. The summed E-state index contributed by atoms with van der Waals surface area (Å²) in [6, 6.07) is 15.5. The zero-order chi connectivity index (χ0) is 16.8. The van der Waals surface area contributed by atoms with Crippen molar-refractivity contribution in [2.75, 3.05) is 6.61 Å². The number of hydrogen-bond donors (Lipinski definition) is 0. The third kappa shape index (κ3) is 4.08. The molecule has 1 unspecified atom stereocenters. The first-order valence-electron chi connectivity index (χ1n) is 9.26. The van der Waals surface area contributed by atoms with Crippen molar-refractivity contribution in [3.63, 3.8) is 0 Å². The molecule has 126 valence electrons. The highest BCUT2D eigenvalue weighted by molar-refractivity contribution is 5.65. The van der Waals surface area contributed by atoms with Gasteiger partial charge in [-0.3, -0.25) is 0 Å². The molecule has 3 rings (SSSR count). The van der Waals surface area contributed by atoms with E-state index in [9.17, 15) is 0 Å². The minimum absolute atomic E-state index is 0.783. The molecule has 0 amide bonds. The Bertz CT molecular complexity index is 669. The number of hydrogen-bond acceptors (Lipinski definition) is 1. The topological polar surface area (TPSA) is 9.23 Å². The molecule has 0 spiro atoms. The van der Waals surface area contributed by atoms with Crippen molar-refractivity contribution in [3.8, 4) is 16.9 Å². The van der Waals surface area contributed by atoms with Crippen LogP contribution in [0.1, 0.15) is 43.7 Å². The summed E-state index contributed by atoms with van der Waals surface area (Å²) in [5.74, 6) is 1.79. The summed E-state index contributed by atoms with van der Waals surface area (Å²) in [5, 5.41) is 0. The highest BCUT2D eigenvalue weighted by Gasteiger charge is 2.18. The van der Waals surface area contributed by atoms with Crippen LogP contribution in [0.2, 0.25) is 0 Å². The highest BCUT2D eigenvalue weighted by Crippen LogP contribution is 2.32. The maximum atomic E-state index is 5.67. The lowest BCUT2D eigenvalue weighted by atomic mass is 9.80. The van der Waals surface area contributed by atoms with Crippen LogP contribution in [0.3, 0.4) is 0 Å². The molecule has 0 saturated heterocycles. The van der Waals surface area contributed by atoms with Crippen LogP contribution in [0.5, 0.6) is 5.75 Å². The second-order valence-corrected chi connectivity index (χ2v) is 6.83. The summed E-state index contributed by atoms with van der Waals surface area (Å²) in [4.78, 5) is 0. The van der Waals surface area contributed by atoms with Gasteiger partial charge in [-0.15, -0.1) is 6.58 Å². The smallest absolute Gasteiger partial charge is 0.119 e. The van der Waals surface area contributed by atoms with Gasteiger partial charge in [-0.25, -0.2) is 0 Å². The lowest BCUT2D eigenvalue weighted by Gasteiger charge is -2.25. The second-order valence-electron chi connectivity index (χ2n) is 6.83. The van der Waals surface area contributed by atoms with Gasteiger partial charge >= 0.3 is 0 Å². The van der Waals surface area contributed by atoms with Crippen LogP contribution in [0.15, 0.2) is 55.1 Å². The molecule has 0 saturated carbocycles. The molecule has 0 bridgehead atoms. The molecule has 1 aliphatic rings. The molecule has 0 heterocycles. The van der Waals surface area contributed by atoms with E-state index in [0.29, 0.717) is 0 Å². The largest absolute Gasteiger partial charge is 0.494 e. The van der Waals surface area contributed by atoms with E-state index in [1.807, 2.05) is 6.08 Å². The Hall–Kier alpha value is -2.02. The second kappa shape index (κ2) is 8.19. The van der Waals surface area contributed by atoms with E-state index in [-0.39, 0.29) is 0 Å². The lowest BCUT2D eigenvalue weighted by molar-refractivity contribution is 0.317. The molecule has 1 nitrogen and oxygen atoms in total. The fourth-order valence-corrected chi connectivity index (χ4v) is 3.57. The summed E-state index contributed by atoms with van der Waals surface area (Å²) in [6.07, 6.45) is 9.27. The third-order valence-corrected chi connectivity index (χ3v) is 4.98.